The van der Waals surface area contributed by atoms with Gasteiger partial charge in [-0.25, -0.2) is 0 Å². The first-order valence-corrected chi connectivity index (χ1v) is 4.47. The largest absolute Gasteiger partial charge is 0.393 e. The van der Waals surface area contributed by atoms with Crippen LogP contribution >= 0.6 is 23.2 Å². The van der Waals surface area contributed by atoms with Crippen molar-refractivity contribution < 1.29 is 5.11 Å². The van der Waals surface area contributed by atoms with Crippen LogP contribution in [0.2, 0.25) is 10.0 Å². The first kappa shape index (κ1) is 9.85. The third kappa shape index (κ3) is 2.67. The quantitative estimate of drug-likeness (QED) is 0.786. The molecule has 0 aliphatic heterocycles. The van der Waals surface area contributed by atoms with Gasteiger partial charge in [-0.3, -0.25) is 0 Å². The fraction of sp³-hybridized carbons (Fsp3) is 0.333. The summed E-state index contributed by atoms with van der Waals surface area (Å²) in [4.78, 5) is 0. The molecular weight excluding hydrogens is 195 g/mol. The van der Waals surface area contributed by atoms with Crippen LogP contribution in [-0.2, 0) is 6.42 Å². The Morgan fingerprint density at radius 2 is 2.00 bits per heavy atom. The lowest BCUT2D eigenvalue weighted by Gasteiger charge is -2.04. The molecule has 1 N–H and O–H groups in total. The molecule has 0 heterocycles. The molecule has 0 aromatic heterocycles. The molecule has 1 atom stereocenters. The van der Waals surface area contributed by atoms with Gasteiger partial charge in [0.25, 0.3) is 0 Å². The summed E-state index contributed by atoms with van der Waals surface area (Å²) in [5.41, 5.74) is 0.999. The number of halogens is 2. The summed E-state index contributed by atoms with van der Waals surface area (Å²) in [6.45, 7) is 1.74. The van der Waals surface area contributed by atoms with Crippen molar-refractivity contribution in [1.82, 2.24) is 0 Å². The van der Waals surface area contributed by atoms with Gasteiger partial charge in [0.2, 0.25) is 0 Å². The number of aliphatic hydroxyl groups excluding tert-OH is 1. The van der Waals surface area contributed by atoms with E-state index < -0.39 is 0 Å². The van der Waals surface area contributed by atoms with Gasteiger partial charge in [-0.2, -0.15) is 0 Å². The van der Waals surface area contributed by atoms with Crippen molar-refractivity contribution in [2.75, 3.05) is 0 Å². The molecule has 0 bridgehead atoms. The van der Waals surface area contributed by atoms with E-state index in [0.29, 0.717) is 16.5 Å². The average Bonchev–Trinajstić information content (AvgIpc) is 1.96. The molecule has 0 aliphatic carbocycles. The molecule has 1 aromatic carbocycles. The minimum Gasteiger partial charge on any atom is -0.393 e. The van der Waals surface area contributed by atoms with Crippen molar-refractivity contribution in [3.05, 3.63) is 33.8 Å². The van der Waals surface area contributed by atoms with E-state index in [4.69, 9.17) is 28.3 Å². The topological polar surface area (TPSA) is 20.2 Å². The predicted octanol–water partition coefficient (Wildman–Crippen LogP) is 2.92. The lowest BCUT2D eigenvalue weighted by molar-refractivity contribution is 0.195. The number of benzene rings is 1. The summed E-state index contributed by atoms with van der Waals surface area (Å²) in [6.07, 6.45) is 0.263. The monoisotopic (exact) mass is 204 g/mol. The summed E-state index contributed by atoms with van der Waals surface area (Å²) in [7, 11) is 0. The Labute approximate surface area is 81.9 Å². The van der Waals surface area contributed by atoms with Crippen LogP contribution in [0.1, 0.15) is 12.5 Å². The van der Waals surface area contributed by atoms with Crippen LogP contribution in [0, 0.1) is 0 Å². The Morgan fingerprint density at radius 3 is 2.50 bits per heavy atom. The molecule has 0 aliphatic rings. The number of hydrogen-bond donors (Lipinski definition) is 1. The highest BCUT2D eigenvalue weighted by Gasteiger charge is 2.01. The summed E-state index contributed by atoms with van der Waals surface area (Å²) in [5.74, 6) is 0. The smallest absolute Gasteiger partial charge is 0.0595 e. The Kier molecular flexibility index (Phi) is 3.39. The Bertz CT molecular complexity index is 271. The SMILES string of the molecule is C[C@@H](O)Cc1ccc(Cl)c(Cl)c1. The Morgan fingerprint density at radius 1 is 1.33 bits per heavy atom. The van der Waals surface area contributed by atoms with Crippen molar-refractivity contribution in [2.24, 2.45) is 0 Å². The van der Waals surface area contributed by atoms with Crippen LogP contribution in [0.5, 0.6) is 0 Å². The van der Waals surface area contributed by atoms with E-state index in [0.717, 1.165) is 5.56 Å². The fourth-order valence-electron chi connectivity index (χ4n) is 1.01. The molecule has 1 rings (SSSR count). The van der Waals surface area contributed by atoms with E-state index in [1.165, 1.54) is 0 Å². The van der Waals surface area contributed by atoms with E-state index in [1.807, 2.05) is 6.07 Å². The normalized spacial score (nSPS) is 13.0. The maximum absolute atomic E-state index is 9.09. The molecule has 0 saturated carbocycles. The van der Waals surface area contributed by atoms with Gasteiger partial charge in [0, 0.05) is 0 Å². The van der Waals surface area contributed by atoms with Crippen LogP contribution in [0.15, 0.2) is 18.2 Å². The Balaban J connectivity index is 2.82. The van der Waals surface area contributed by atoms with Crippen LogP contribution < -0.4 is 0 Å². The van der Waals surface area contributed by atoms with Gasteiger partial charge in [-0.05, 0) is 31.0 Å². The predicted molar refractivity (Wildman–Crippen MR) is 51.8 cm³/mol. The van der Waals surface area contributed by atoms with Crippen LogP contribution in [0.25, 0.3) is 0 Å². The van der Waals surface area contributed by atoms with Crippen LogP contribution in [-0.4, -0.2) is 11.2 Å². The molecule has 0 saturated heterocycles. The zero-order valence-electron chi connectivity index (χ0n) is 6.72. The summed E-state index contributed by atoms with van der Waals surface area (Å²) in [6, 6.07) is 5.37. The van der Waals surface area contributed by atoms with Crippen molar-refractivity contribution in [3.8, 4) is 0 Å². The van der Waals surface area contributed by atoms with Gasteiger partial charge in [-0.1, -0.05) is 29.3 Å². The molecule has 0 amide bonds. The van der Waals surface area contributed by atoms with Gasteiger partial charge in [-0.15, -0.1) is 0 Å². The minimum absolute atomic E-state index is 0.345. The van der Waals surface area contributed by atoms with E-state index in [2.05, 4.69) is 0 Å². The molecule has 12 heavy (non-hydrogen) atoms. The van der Waals surface area contributed by atoms with Crippen molar-refractivity contribution in [1.29, 1.82) is 0 Å². The molecule has 0 spiro atoms. The van der Waals surface area contributed by atoms with Gasteiger partial charge < -0.3 is 5.11 Å². The highest BCUT2D eigenvalue weighted by Crippen LogP contribution is 2.22. The molecule has 0 radical (unpaired) electrons. The minimum atomic E-state index is -0.345. The highest BCUT2D eigenvalue weighted by molar-refractivity contribution is 6.42. The van der Waals surface area contributed by atoms with E-state index in [9.17, 15) is 0 Å². The van der Waals surface area contributed by atoms with Crippen molar-refractivity contribution >= 4 is 23.2 Å². The molecule has 66 valence electrons. The molecule has 0 fully saturated rings. The standard InChI is InChI=1S/C9H10Cl2O/c1-6(12)4-7-2-3-8(10)9(11)5-7/h2-3,5-6,12H,4H2,1H3/t6-/m1/s1. The van der Waals surface area contributed by atoms with Crippen LogP contribution in [0.4, 0.5) is 0 Å². The third-order valence-corrected chi connectivity index (χ3v) is 2.25. The summed E-state index contributed by atoms with van der Waals surface area (Å²) in [5, 5.41) is 10.2. The number of rotatable bonds is 2. The third-order valence-electron chi connectivity index (χ3n) is 1.52. The van der Waals surface area contributed by atoms with Crippen molar-refractivity contribution in [2.45, 2.75) is 19.4 Å². The molecule has 1 nitrogen and oxygen atoms in total. The molecular formula is C9H10Cl2O. The van der Waals surface area contributed by atoms with E-state index in [-0.39, 0.29) is 6.10 Å². The molecule has 3 heteroatoms. The first-order chi connectivity index (χ1) is 5.59. The van der Waals surface area contributed by atoms with Crippen LogP contribution in [0.3, 0.4) is 0 Å². The lowest BCUT2D eigenvalue weighted by Crippen LogP contribution is -2.03. The lowest BCUT2D eigenvalue weighted by atomic mass is 10.1. The summed E-state index contributed by atoms with van der Waals surface area (Å²) >= 11 is 11.5. The van der Waals surface area contributed by atoms with Gasteiger partial charge in [0.05, 0.1) is 16.1 Å². The maximum atomic E-state index is 9.09. The number of hydrogen-bond acceptors (Lipinski definition) is 1. The second-order valence-corrected chi connectivity index (χ2v) is 3.62. The number of aliphatic hydroxyl groups is 1. The fourth-order valence-corrected chi connectivity index (χ4v) is 1.33. The molecule has 0 unspecified atom stereocenters. The zero-order chi connectivity index (χ0) is 9.14. The highest BCUT2D eigenvalue weighted by atomic mass is 35.5. The molecule has 1 aromatic rings. The summed E-state index contributed by atoms with van der Waals surface area (Å²) < 4.78 is 0. The second kappa shape index (κ2) is 4.13. The van der Waals surface area contributed by atoms with E-state index >= 15 is 0 Å². The van der Waals surface area contributed by atoms with E-state index in [1.54, 1.807) is 19.1 Å². The van der Waals surface area contributed by atoms with Gasteiger partial charge in [0.1, 0.15) is 0 Å². The van der Waals surface area contributed by atoms with Gasteiger partial charge >= 0.3 is 0 Å². The maximum Gasteiger partial charge on any atom is 0.0595 e. The van der Waals surface area contributed by atoms with Gasteiger partial charge in [0.15, 0.2) is 0 Å². The van der Waals surface area contributed by atoms with Crippen molar-refractivity contribution in [3.63, 3.8) is 0 Å². The second-order valence-electron chi connectivity index (χ2n) is 2.80. The Hall–Kier alpha value is -0.240. The first-order valence-electron chi connectivity index (χ1n) is 3.71. The average molecular weight is 205 g/mol. The zero-order valence-corrected chi connectivity index (χ0v) is 8.23.